The summed E-state index contributed by atoms with van der Waals surface area (Å²) >= 11 is 0. The first kappa shape index (κ1) is 41.5. The molecule has 5 aromatic rings. The number of hydrogen-bond acceptors (Lipinski definition) is 7. The molecule has 4 unspecified atom stereocenters. The topological polar surface area (TPSA) is 166 Å². The molecule has 0 bridgehead atoms. The van der Waals surface area contributed by atoms with Gasteiger partial charge in [0.25, 0.3) is 5.82 Å². The molecule has 2 aromatic heterocycles. The van der Waals surface area contributed by atoms with Crippen LogP contribution < -0.4 is 15.2 Å². The number of rotatable bonds is 10. The smallest absolute Gasteiger partial charge is 0.407 e. The van der Waals surface area contributed by atoms with Crippen LogP contribution in [0.25, 0.3) is 44.5 Å². The molecule has 8 rings (SSSR count). The van der Waals surface area contributed by atoms with Crippen LogP contribution in [-0.4, -0.2) is 88.1 Å². The molecule has 2 saturated heterocycles. The van der Waals surface area contributed by atoms with Gasteiger partial charge >= 0.3 is 12.2 Å². The van der Waals surface area contributed by atoms with E-state index in [1.54, 1.807) is 0 Å². The highest BCUT2D eigenvalue weighted by Gasteiger charge is 2.41. The van der Waals surface area contributed by atoms with Crippen molar-refractivity contribution in [1.82, 2.24) is 35.4 Å². The van der Waals surface area contributed by atoms with Gasteiger partial charge in [-0.05, 0) is 108 Å². The molecule has 4 N–H and O–H groups in total. The number of benzene rings is 3. The monoisotopic (exact) mass is 829 g/mol. The van der Waals surface area contributed by atoms with Gasteiger partial charge in [0.05, 0.1) is 38.3 Å². The summed E-state index contributed by atoms with van der Waals surface area (Å²) in [6, 6.07) is 18.0. The van der Waals surface area contributed by atoms with Crippen molar-refractivity contribution < 1.29 is 33.2 Å². The predicted octanol–water partition coefficient (Wildman–Crippen LogP) is 6.90. The van der Waals surface area contributed by atoms with Crippen LogP contribution in [0.4, 0.5) is 9.59 Å². The number of fused-ring (bicyclic) bond motifs is 4. The Hall–Kier alpha value is -6.18. The van der Waals surface area contributed by atoms with E-state index in [9.17, 15) is 19.2 Å². The third-order valence-electron chi connectivity index (χ3n) is 12.8. The molecule has 320 valence electrons. The van der Waals surface area contributed by atoms with Crippen molar-refractivity contribution in [3.63, 3.8) is 0 Å². The maximum atomic E-state index is 13.8. The standard InChI is InChI=1S/C47H56N8O6/c1-26(2)40(51-46(58)60-6)44(56)54-20-8-10-38(54)42-48-35-19-16-29(24-36(35)49-42)28-14-17-33-30(22-28)12-13-31-23-32(15-18-34(31)33)37-25-53(5)43(50-37)39-11-9-21-55(39)45(57)41(27(3)4)52-47(59)61-7/h14-19,22-27,38-41H,8-13,20-21H2,1-7H3,(H3,48,49,51,52,58,59)/p+1. The molecule has 0 saturated carbocycles. The Morgan fingerprint density at radius 1 is 0.721 bits per heavy atom. The summed E-state index contributed by atoms with van der Waals surface area (Å²) in [5, 5.41) is 5.47. The number of ether oxygens (including phenoxy) is 2. The molecule has 2 fully saturated rings. The molecular weight excluding hydrogens is 773 g/mol. The van der Waals surface area contributed by atoms with Crippen molar-refractivity contribution in [3.05, 3.63) is 83.6 Å². The van der Waals surface area contributed by atoms with Gasteiger partial charge in [-0.2, -0.15) is 0 Å². The first-order valence-electron chi connectivity index (χ1n) is 21.5. The summed E-state index contributed by atoms with van der Waals surface area (Å²) in [5.74, 6) is 1.30. The highest BCUT2D eigenvalue weighted by atomic mass is 16.5. The molecule has 0 spiro atoms. The third kappa shape index (κ3) is 8.07. The fourth-order valence-corrected chi connectivity index (χ4v) is 9.48. The number of nitrogens with zero attached hydrogens (tertiary/aromatic N) is 4. The van der Waals surface area contributed by atoms with Gasteiger partial charge in [0, 0.05) is 18.7 Å². The number of carbonyl (C=O) groups is 4. The summed E-state index contributed by atoms with van der Waals surface area (Å²) in [5.41, 5.74) is 11.2. The van der Waals surface area contributed by atoms with Crippen LogP contribution in [0.5, 0.6) is 0 Å². The van der Waals surface area contributed by atoms with Crippen LogP contribution in [0, 0.1) is 11.8 Å². The zero-order valence-electron chi connectivity index (χ0n) is 36.1. The largest absolute Gasteiger partial charge is 0.453 e. The van der Waals surface area contributed by atoms with Gasteiger partial charge < -0.3 is 34.9 Å². The van der Waals surface area contributed by atoms with Crippen molar-refractivity contribution >= 4 is 35.0 Å². The summed E-state index contributed by atoms with van der Waals surface area (Å²) in [4.78, 5) is 67.4. The van der Waals surface area contributed by atoms with Crippen molar-refractivity contribution in [2.24, 2.45) is 18.9 Å². The number of nitrogens with one attached hydrogen (secondary N) is 4. The maximum absolute atomic E-state index is 13.8. The van der Waals surface area contributed by atoms with Gasteiger partial charge in [0.1, 0.15) is 30.1 Å². The van der Waals surface area contributed by atoms with Crippen LogP contribution in [0.1, 0.15) is 88.2 Å². The van der Waals surface area contributed by atoms with Crippen molar-refractivity contribution in [1.29, 1.82) is 0 Å². The average Bonchev–Trinajstić information content (AvgIpc) is 4.09. The van der Waals surface area contributed by atoms with Crippen molar-refractivity contribution in [2.75, 3.05) is 27.3 Å². The Bertz CT molecular complexity index is 2490. The van der Waals surface area contributed by atoms with Crippen molar-refractivity contribution in [2.45, 2.75) is 90.4 Å². The minimum Gasteiger partial charge on any atom is -0.453 e. The third-order valence-corrected chi connectivity index (χ3v) is 12.8. The second-order valence-electron chi connectivity index (χ2n) is 17.4. The number of H-pyrrole nitrogens is 2. The number of hydrogen-bond donors (Lipinski definition) is 4. The summed E-state index contributed by atoms with van der Waals surface area (Å²) < 4.78 is 11.7. The summed E-state index contributed by atoms with van der Waals surface area (Å²) in [6.45, 7) is 8.91. The molecule has 2 aliphatic heterocycles. The molecule has 3 aromatic carbocycles. The SMILES string of the molecule is COC(=O)NC(C(=O)N1CCCC1c1nc2ccc(-c3ccc4c(c3)CCc3cc(-c5c[n+](C)c(C6CCCN6C(=O)C(NC(=O)OC)C(C)C)[nH]5)ccc3-4)cc2[nH]1)C(C)C. The number of methoxy groups -OCH3 is 2. The van der Waals surface area contributed by atoms with Gasteiger partial charge in [-0.25, -0.2) is 24.1 Å². The van der Waals surface area contributed by atoms with Crippen LogP contribution in [0.2, 0.25) is 0 Å². The Kier molecular flexibility index (Phi) is 11.6. The van der Waals surface area contributed by atoms with Gasteiger partial charge in [0.2, 0.25) is 11.8 Å². The van der Waals surface area contributed by atoms with Crippen LogP contribution in [0.3, 0.4) is 0 Å². The number of amides is 4. The number of aryl methyl sites for hydroxylation is 3. The van der Waals surface area contributed by atoms with Crippen LogP contribution >= 0.6 is 0 Å². The number of aromatic nitrogens is 4. The summed E-state index contributed by atoms with van der Waals surface area (Å²) in [6.07, 6.45) is 6.08. The predicted molar refractivity (Wildman–Crippen MR) is 231 cm³/mol. The molecule has 4 amide bonds. The number of imidazole rings is 2. The van der Waals surface area contributed by atoms with E-state index >= 15 is 0 Å². The lowest BCUT2D eigenvalue weighted by atomic mass is 9.83. The van der Waals surface area contributed by atoms with E-state index in [2.05, 4.69) is 79.9 Å². The van der Waals surface area contributed by atoms with E-state index in [0.717, 1.165) is 83.6 Å². The fourth-order valence-electron chi connectivity index (χ4n) is 9.48. The van der Waals surface area contributed by atoms with Gasteiger partial charge in [-0.1, -0.05) is 58.0 Å². The molecule has 1 aliphatic carbocycles. The lowest BCUT2D eigenvalue weighted by molar-refractivity contribution is -0.680. The molecule has 4 atom stereocenters. The normalized spacial score (nSPS) is 18.2. The lowest BCUT2D eigenvalue weighted by Gasteiger charge is -2.29. The van der Waals surface area contributed by atoms with E-state index < -0.39 is 24.3 Å². The fraction of sp³-hybridized carbons (Fsp3) is 0.447. The first-order chi connectivity index (χ1) is 29.3. The summed E-state index contributed by atoms with van der Waals surface area (Å²) in [7, 11) is 4.62. The molecule has 61 heavy (non-hydrogen) atoms. The Labute approximate surface area is 356 Å². The van der Waals surface area contributed by atoms with E-state index in [0.29, 0.717) is 13.1 Å². The van der Waals surface area contributed by atoms with Crippen LogP contribution in [-0.2, 0) is 39.0 Å². The molecule has 4 heterocycles. The maximum Gasteiger partial charge on any atom is 0.407 e. The highest BCUT2D eigenvalue weighted by Crippen LogP contribution is 2.39. The van der Waals surface area contributed by atoms with E-state index in [-0.39, 0.29) is 35.7 Å². The van der Waals surface area contributed by atoms with E-state index in [4.69, 9.17) is 14.5 Å². The molecule has 14 heteroatoms. The molecule has 3 aliphatic rings. The van der Waals surface area contributed by atoms with E-state index in [1.165, 1.54) is 36.5 Å². The van der Waals surface area contributed by atoms with E-state index in [1.807, 2.05) is 50.6 Å². The lowest BCUT2D eigenvalue weighted by Crippen LogP contribution is -2.52. The minimum atomic E-state index is -0.686. The molecule has 0 radical (unpaired) electrons. The Balaban J connectivity index is 0.991. The minimum absolute atomic E-state index is 0.0912. The number of carbonyl (C=O) groups excluding carboxylic acids is 4. The highest BCUT2D eigenvalue weighted by molar-refractivity contribution is 5.88. The zero-order valence-corrected chi connectivity index (χ0v) is 36.1. The second-order valence-corrected chi connectivity index (χ2v) is 17.4. The van der Waals surface area contributed by atoms with Gasteiger partial charge in [-0.3, -0.25) is 9.59 Å². The Morgan fingerprint density at radius 2 is 1.25 bits per heavy atom. The average molecular weight is 830 g/mol. The number of alkyl carbamates (subject to hydrolysis) is 2. The molecule has 14 nitrogen and oxygen atoms in total. The first-order valence-corrected chi connectivity index (χ1v) is 21.5. The van der Waals surface area contributed by atoms with Gasteiger partial charge in [0.15, 0.2) is 5.69 Å². The van der Waals surface area contributed by atoms with Crippen LogP contribution in [0.15, 0.2) is 60.8 Å². The van der Waals surface area contributed by atoms with Crippen molar-refractivity contribution in [3.8, 4) is 33.5 Å². The Morgan fingerprint density at radius 3 is 1.84 bits per heavy atom. The number of aromatic amines is 2. The second kappa shape index (κ2) is 17.1. The quantitative estimate of drug-likeness (QED) is 0.111. The van der Waals surface area contributed by atoms with Gasteiger partial charge in [-0.15, -0.1) is 0 Å². The number of likely N-dealkylation sites (tertiary alicyclic amines) is 2. The molecular formula is C47H57N8O6+. The zero-order chi connectivity index (χ0) is 43.1.